The summed E-state index contributed by atoms with van der Waals surface area (Å²) in [6, 6.07) is 2.95. The van der Waals surface area contributed by atoms with E-state index in [9.17, 15) is 24.8 Å². The van der Waals surface area contributed by atoms with Gasteiger partial charge in [-0.2, -0.15) is 5.10 Å². The third-order valence-electron chi connectivity index (χ3n) is 3.34. The fourth-order valence-electron chi connectivity index (χ4n) is 2.27. The first-order chi connectivity index (χ1) is 10.8. The van der Waals surface area contributed by atoms with Crippen molar-refractivity contribution in [2.45, 2.75) is 26.3 Å². The van der Waals surface area contributed by atoms with Crippen LogP contribution < -0.4 is 5.01 Å². The monoisotopic (exact) mass is 321 g/mol. The fraction of sp³-hybridized carbons (Fsp3) is 0.357. The SMILES string of the molecule is CCOC(=O)C1=NN(c2ccc([N+](=O)[O-])cc2C)C(C(=O)O)C1. The van der Waals surface area contributed by atoms with Crippen molar-refractivity contribution in [3.63, 3.8) is 0 Å². The number of carboxylic acid groups (broad SMARTS) is 1. The molecule has 9 heteroatoms. The number of ether oxygens (including phenoxy) is 1. The van der Waals surface area contributed by atoms with Gasteiger partial charge in [0.15, 0.2) is 6.04 Å². The van der Waals surface area contributed by atoms with Gasteiger partial charge in [-0.3, -0.25) is 15.1 Å². The van der Waals surface area contributed by atoms with E-state index in [0.29, 0.717) is 11.3 Å². The van der Waals surface area contributed by atoms with Gasteiger partial charge in [-0.25, -0.2) is 9.59 Å². The van der Waals surface area contributed by atoms with Crippen LogP contribution in [0.25, 0.3) is 0 Å². The minimum Gasteiger partial charge on any atom is -0.480 e. The van der Waals surface area contributed by atoms with Crippen molar-refractivity contribution >= 4 is 29.0 Å². The highest BCUT2D eigenvalue weighted by atomic mass is 16.6. The van der Waals surface area contributed by atoms with Gasteiger partial charge in [0, 0.05) is 18.6 Å². The minimum absolute atomic E-state index is 0.0111. The number of nitro groups is 1. The normalized spacial score (nSPS) is 16.9. The molecule has 0 amide bonds. The van der Waals surface area contributed by atoms with Gasteiger partial charge in [0.2, 0.25) is 0 Å². The summed E-state index contributed by atoms with van der Waals surface area (Å²) in [7, 11) is 0. The summed E-state index contributed by atoms with van der Waals surface area (Å²) in [4.78, 5) is 33.4. The molecule has 122 valence electrons. The molecule has 0 fully saturated rings. The van der Waals surface area contributed by atoms with Crippen LogP contribution in [0.1, 0.15) is 18.9 Å². The second-order valence-corrected chi connectivity index (χ2v) is 4.90. The van der Waals surface area contributed by atoms with Gasteiger partial charge in [-0.15, -0.1) is 0 Å². The lowest BCUT2D eigenvalue weighted by Gasteiger charge is -2.21. The maximum Gasteiger partial charge on any atom is 0.354 e. The number of hydrogen-bond acceptors (Lipinski definition) is 7. The Morgan fingerprint density at radius 3 is 2.74 bits per heavy atom. The average Bonchev–Trinajstić information content (AvgIpc) is 2.92. The number of aryl methyl sites for hydroxylation is 1. The Bertz CT molecular complexity index is 700. The number of esters is 1. The molecule has 0 spiro atoms. The van der Waals surface area contributed by atoms with E-state index in [1.807, 2.05) is 0 Å². The van der Waals surface area contributed by atoms with Gasteiger partial charge in [-0.1, -0.05) is 0 Å². The molecular weight excluding hydrogens is 306 g/mol. The van der Waals surface area contributed by atoms with Crippen LogP contribution in [0.15, 0.2) is 23.3 Å². The van der Waals surface area contributed by atoms with Gasteiger partial charge in [0.1, 0.15) is 5.71 Å². The molecule has 1 aliphatic rings. The Morgan fingerprint density at radius 2 is 2.22 bits per heavy atom. The zero-order valence-corrected chi connectivity index (χ0v) is 12.6. The van der Waals surface area contributed by atoms with Gasteiger partial charge in [0.05, 0.1) is 17.2 Å². The largest absolute Gasteiger partial charge is 0.480 e. The quantitative estimate of drug-likeness (QED) is 0.495. The smallest absolute Gasteiger partial charge is 0.354 e. The Morgan fingerprint density at radius 1 is 1.52 bits per heavy atom. The number of nitrogens with zero attached hydrogens (tertiary/aromatic N) is 3. The number of anilines is 1. The van der Waals surface area contributed by atoms with Crippen LogP contribution in [0, 0.1) is 17.0 Å². The van der Waals surface area contributed by atoms with Crippen LogP contribution in [0.4, 0.5) is 11.4 Å². The zero-order chi connectivity index (χ0) is 17.1. The lowest BCUT2D eigenvalue weighted by Crippen LogP contribution is -2.34. The molecule has 9 nitrogen and oxygen atoms in total. The van der Waals surface area contributed by atoms with E-state index in [4.69, 9.17) is 4.74 Å². The average molecular weight is 321 g/mol. The molecule has 2 rings (SSSR count). The highest BCUT2D eigenvalue weighted by Gasteiger charge is 2.37. The summed E-state index contributed by atoms with van der Waals surface area (Å²) < 4.78 is 4.84. The molecular formula is C14H15N3O6. The first kappa shape index (κ1) is 16.4. The van der Waals surface area contributed by atoms with Crippen molar-refractivity contribution in [3.8, 4) is 0 Å². The van der Waals surface area contributed by atoms with Crippen molar-refractivity contribution in [2.75, 3.05) is 11.6 Å². The van der Waals surface area contributed by atoms with Crippen LogP contribution in [-0.2, 0) is 14.3 Å². The molecule has 1 aromatic rings. The first-order valence-corrected chi connectivity index (χ1v) is 6.86. The summed E-state index contributed by atoms with van der Waals surface area (Å²) in [5, 5.41) is 25.3. The Balaban J connectivity index is 2.39. The van der Waals surface area contributed by atoms with Crippen LogP contribution in [0.3, 0.4) is 0 Å². The summed E-state index contributed by atoms with van der Waals surface area (Å²) in [6.45, 7) is 3.41. The number of carbonyl (C=O) groups excluding carboxylic acids is 1. The lowest BCUT2D eigenvalue weighted by atomic mass is 10.1. The molecule has 1 atom stereocenters. The molecule has 1 N–H and O–H groups in total. The van der Waals surface area contributed by atoms with Crippen molar-refractivity contribution in [1.29, 1.82) is 0 Å². The molecule has 1 heterocycles. The number of hydrazone groups is 1. The summed E-state index contributed by atoms with van der Waals surface area (Å²) in [6.07, 6.45) is -0.0927. The number of non-ortho nitro benzene ring substituents is 1. The molecule has 0 bridgehead atoms. The van der Waals surface area contributed by atoms with Crippen LogP contribution >= 0.6 is 0 Å². The van der Waals surface area contributed by atoms with Crippen molar-refractivity contribution in [2.24, 2.45) is 5.10 Å². The number of carboxylic acids is 1. The number of rotatable bonds is 5. The molecule has 1 aromatic carbocycles. The second-order valence-electron chi connectivity index (χ2n) is 4.90. The number of benzene rings is 1. The third kappa shape index (κ3) is 3.28. The van der Waals surface area contributed by atoms with E-state index in [-0.39, 0.29) is 24.4 Å². The second kappa shape index (κ2) is 6.42. The number of carbonyl (C=O) groups is 2. The van der Waals surface area contributed by atoms with Crippen LogP contribution in [0.2, 0.25) is 0 Å². The number of nitro benzene ring substituents is 1. The van der Waals surface area contributed by atoms with Gasteiger partial charge >= 0.3 is 11.9 Å². The molecule has 0 aliphatic carbocycles. The summed E-state index contributed by atoms with van der Waals surface area (Å²) >= 11 is 0. The summed E-state index contributed by atoms with van der Waals surface area (Å²) in [5.74, 6) is -1.81. The van der Waals surface area contributed by atoms with E-state index >= 15 is 0 Å². The van der Waals surface area contributed by atoms with E-state index in [0.717, 1.165) is 0 Å². The Kier molecular flexibility index (Phi) is 4.58. The zero-order valence-electron chi connectivity index (χ0n) is 12.6. The first-order valence-electron chi connectivity index (χ1n) is 6.86. The van der Waals surface area contributed by atoms with Crippen molar-refractivity contribution < 1.29 is 24.4 Å². The highest BCUT2D eigenvalue weighted by molar-refractivity contribution is 6.38. The van der Waals surface area contributed by atoms with Crippen molar-refractivity contribution in [1.82, 2.24) is 0 Å². The predicted molar refractivity (Wildman–Crippen MR) is 80.4 cm³/mol. The standard InChI is InChI=1S/C14H15N3O6/c1-3-23-14(20)10-7-12(13(18)19)16(15-10)11-5-4-9(17(21)22)6-8(11)2/h4-6,12H,3,7H2,1-2H3,(H,18,19). The molecule has 0 aromatic heterocycles. The Labute approximate surface area is 131 Å². The third-order valence-corrected chi connectivity index (χ3v) is 3.34. The predicted octanol–water partition coefficient (Wildman–Crippen LogP) is 1.49. The van der Waals surface area contributed by atoms with Crippen molar-refractivity contribution in [3.05, 3.63) is 33.9 Å². The molecule has 0 saturated carbocycles. The maximum atomic E-state index is 11.8. The summed E-state index contributed by atoms with van der Waals surface area (Å²) in [5.41, 5.74) is 0.783. The van der Waals surface area contributed by atoms with E-state index in [2.05, 4.69) is 5.10 Å². The maximum absolute atomic E-state index is 11.8. The van der Waals surface area contributed by atoms with E-state index in [1.54, 1.807) is 13.8 Å². The van der Waals surface area contributed by atoms with Crippen LogP contribution in [0.5, 0.6) is 0 Å². The minimum atomic E-state index is -1.15. The topological polar surface area (TPSA) is 122 Å². The van der Waals surface area contributed by atoms with Gasteiger partial charge in [-0.05, 0) is 25.5 Å². The number of aliphatic carboxylic acids is 1. The highest BCUT2D eigenvalue weighted by Crippen LogP contribution is 2.30. The fourth-order valence-corrected chi connectivity index (χ4v) is 2.27. The number of hydrogen-bond donors (Lipinski definition) is 1. The molecule has 23 heavy (non-hydrogen) atoms. The Hall–Kier alpha value is -2.97. The van der Waals surface area contributed by atoms with E-state index < -0.39 is 22.9 Å². The molecule has 1 unspecified atom stereocenters. The van der Waals surface area contributed by atoms with Gasteiger partial charge < -0.3 is 9.84 Å². The van der Waals surface area contributed by atoms with Crippen LogP contribution in [-0.4, -0.2) is 40.3 Å². The molecule has 0 radical (unpaired) electrons. The lowest BCUT2D eigenvalue weighted by molar-refractivity contribution is -0.384. The van der Waals surface area contributed by atoms with E-state index in [1.165, 1.54) is 23.2 Å². The molecule has 0 saturated heterocycles. The van der Waals surface area contributed by atoms with Gasteiger partial charge in [0.25, 0.3) is 5.69 Å². The molecule has 1 aliphatic heterocycles.